The van der Waals surface area contributed by atoms with Crippen molar-refractivity contribution in [2.24, 2.45) is 0 Å². The van der Waals surface area contributed by atoms with Gasteiger partial charge >= 0.3 is 0 Å². The summed E-state index contributed by atoms with van der Waals surface area (Å²) in [6.07, 6.45) is 0. The number of nitrogens with one attached hydrogen (secondary N) is 2. The first-order valence-electron chi connectivity index (χ1n) is 9.39. The molecule has 0 aliphatic carbocycles. The number of carbonyl (C=O) groups is 2. The van der Waals surface area contributed by atoms with Gasteiger partial charge in [-0.1, -0.05) is 32.9 Å². The average Bonchev–Trinajstić information content (AvgIpc) is 2.99. The van der Waals surface area contributed by atoms with Crippen LogP contribution in [0.1, 0.15) is 59.8 Å². The number of hydrogen-bond acceptors (Lipinski definition) is 3. The van der Waals surface area contributed by atoms with Gasteiger partial charge in [-0.25, -0.2) is 4.98 Å². The van der Waals surface area contributed by atoms with E-state index in [1.54, 1.807) is 24.3 Å². The summed E-state index contributed by atoms with van der Waals surface area (Å²) in [4.78, 5) is 29.2. The molecule has 1 aromatic heterocycles. The van der Waals surface area contributed by atoms with Crippen molar-refractivity contribution in [1.29, 1.82) is 0 Å². The molecular weight excluding hydrogens is 352 g/mol. The number of benzene rings is 2. The van der Waals surface area contributed by atoms with Crippen molar-refractivity contribution in [2.45, 2.75) is 46.6 Å². The van der Waals surface area contributed by atoms with Gasteiger partial charge in [0.2, 0.25) is 0 Å². The van der Waals surface area contributed by atoms with Crippen molar-refractivity contribution in [2.75, 3.05) is 0 Å². The number of fused-ring (bicyclic) bond motifs is 1. The first-order chi connectivity index (χ1) is 13.2. The lowest BCUT2D eigenvalue weighted by Gasteiger charge is -2.19. The fraction of sp³-hybridized carbons (Fsp3) is 0.318. The van der Waals surface area contributed by atoms with Gasteiger partial charge in [-0.2, -0.15) is 0 Å². The van der Waals surface area contributed by atoms with Crippen LogP contribution in [-0.4, -0.2) is 21.4 Å². The van der Waals surface area contributed by atoms with Crippen LogP contribution in [0.4, 0.5) is 0 Å². The molecule has 28 heavy (non-hydrogen) atoms. The lowest BCUT2D eigenvalue weighted by atomic mass is 9.87. The Bertz CT molecular complexity index is 1030. The van der Waals surface area contributed by atoms with Crippen molar-refractivity contribution in [3.63, 3.8) is 0 Å². The van der Waals surface area contributed by atoms with E-state index in [4.69, 9.17) is 0 Å². The molecule has 0 spiro atoms. The number of nitrogens with zero attached hydrogens (tertiary/aromatic N) is 2. The van der Waals surface area contributed by atoms with Crippen LogP contribution in [0.3, 0.4) is 0 Å². The third kappa shape index (κ3) is 3.91. The Balaban J connectivity index is 1.68. The first kappa shape index (κ1) is 19.6. The zero-order chi connectivity index (χ0) is 20.5. The van der Waals surface area contributed by atoms with Crippen LogP contribution in [0.25, 0.3) is 11.0 Å². The number of imidazole rings is 1. The molecule has 6 heteroatoms. The SMILES string of the molecule is CCn1c(C)nc2cc(C(=O)NNC(=O)c3ccc(C(C)(C)C)cc3)ccc21. The van der Waals surface area contributed by atoms with Gasteiger partial charge in [-0.3, -0.25) is 20.4 Å². The summed E-state index contributed by atoms with van der Waals surface area (Å²) >= 11 is 0. The molecule has 146 valence electrons. The molecule has 0 atom stereocenters. The van der Waals surface area contributed by atoms with E-state index in [0.29, 0.717) is 11.1 Å². The molecule has 3 aromatic rings. The van der Waals surface area contributed by atoms with Gasteiger partial charge in [-0.15, -0.1) is 0 Å². The summed E-state index contributed by atoms with van der Waals surface area (Å²) in [5, 5.41) is 0. The lowest BCUT2D eigenvalue weighted by molar-refractivity contribution is 0.0846. The van der Waals surface area contributed by atoms with Crippen LogP contribution in [0.2, 0.25) is 0 Å². The zero-order valence-corrected chi connectivity index (χ0v) is 17.0. The Labute approximate surface area is 164 Å². The van der Waals surface area contributed by atoms with Gasteiger partial charge < -0.3 is 4.57 Å². The molecule has 3 rings (SSSR count). The summed E-state index contributed by atoms with van der Waals surface area (Å²) < 4.78 is 2.08. The van der Waals surface area contributed by atoms with Gasteiger partial charge in [-0.05, 0) is 55.2 Å². The molecule has 2 aromatic carbocycles. The molecule has 0 fully saturated rings. The Hall–Kier alpha value is -3.15. The third-order valence-corrected chi connectivity index (χ3v) is 4.82. The Kier molecular flexibility index (Phi) is 5.23. The summed E-state index contributed by atoms with van der Waals surface area (Å²) in [5.74, 6) is 0.160. The molecule has 0 unspecified atom stereocenters. The largest absolute Gasteiger partial charge is 0.329 e. The lowest BCUT2D eigenvalue weighted by Crippen LogP contribution is -2.41. The molecule has 0 saturated carbocycles. The highest BCUT2D eigenvalue weighted by Crippen LogP contribution is 2.22. The van der Waals surface area contributed by atoms with Crippen molar-refractivity contribution in [3.8, 4) is 0 Å². The quantitative estimate of drug-likeness (QED) is 0.682. The number of carbonyl (C=O) groups excluding carboxylic acids is 2. The summed E-state index contributed by atoms with van der Waals surface area (Å²) in [5.41, 5.74) is 8.77. The fourth-order valence-corrected chi connectivity index (χ4v) is 3.17. The molecule has 0 saturated heterocycles. The third-order valence-electron chi connectivity index (χ3n) is 4.82. The molecule has 2 amide bonds. The van der Waals surface area contributed by atoms with Crippen LogP contribution in [0.5, 0.6) is 0 Å². The standard InChI is InChI=1S/C22H26N4O2/c1-6-26-14(2)23-18-13-16(9-12-19(18)26)21(28)25-24-20(27)15-7-10-17(11-8-15)22(3,4)5/h7-13H,6H2,1-5H3,(H,24,27)(H,25,28). The minimum absolute atomic E-state index is 0.0188. The topological polar surface area (TPSA) is 76.0 Å². The first-order valence-corrected chi connectivity index (χ1v) is 9.39. The van der Waals surface area contributed by atoms with Gasteiger partial charge in [0.05, 0.1) is 11.0 Å². The van der Waals surface area contributed by atoms with E-state index >= 15 is 0 Å². The van der Waals surface area contributed by atoms with Crippen LogP contribution in [-0.2, 0) is 12.0 Å². The highest BCUT2D eigenvalue weighted by Gasteiger charge is 2.15. The van der Waals surface area contributed by atoms with Crippen LogP contribution < -0.4 is 10.9 Å². The molecule has 2 N–H and O–H groups in total. The smallest absolute Gasteiger partial charge is 0.269 e. The van der Waals surface area contributed by atoms with E-state index in [1.807, 2.05) is 25.1 Å². The van der Waals surface area contributed by atoms with Gasteiger partial charge in [0.15, 0.2) is 0 Å². The average molecular weight is 378 g/mol. The van der Waals surface area contributed by atoms with Gasteiger partial charge in [0.1, 0.15) is 5.82 Å². The van der Waals surface area contributed by atoms with E-state index in [2.05, 4.69) is 48.1 Å². The van der Waals surface area contributed by atoms with Gasteiger partial charge in [0.25, 0.3) is 11.8 Å². The molecular formula is C22H26N4O2. The van der Waals surface area contributed by atoms with E-state index < -0.39 is 0 Å². The van der Waals surface area contributed by atoms with E-state index in [0.717, 1.165) is 29.0 Å². The Morgan fingerprint density at radius 2 is 1.54 bits per heavy atom. The summed E-state index contributed by atoms with van der Waals surface area (Å²) in [6.45, 7) is 11.2. The van der Waals surface area contributed by atoms with Gasteiger partial charge in [0, 0.05) is 17.7 Å². The molecule has 0 aliphatic heterocycles. The van der Waals surface area contributed by atoms with Crippen molar-refractivity contribution >= 4 is 22.8 Å². The monoisotopic (exact) mass is 378 g/mol. The van der Waals surface area contributed by atoms with Crippen molar-refractivity contribution in [1.82, 2.24) is 20.4 Å². The maximum absolute atomic E-state index is 12.4. The predicted molar refractivity (Wildman–Crippen MR) is 110 cm³/mol. The molecule has 0 radical (unpaired) electrons. The van der Waals surface area contributed by atoms with Crippen molar-refractivity contribution in [3.05, 3.63) is 65.0 Å². The molecule has 1 heterocycles. The normalized spacial score (nSPS) is 11.5. The van der Waals surface area contributed by atoms with Crippen molar-refractivity contribution < 1.29 is 9.59 Å². The maximum atomic E-state index is 12.4. The Morgan fingerprint density at radius 1 is 0.964 bits per heavy atom. The van der Waals surface area contributed by atoms with E-state index in [9.17, 15) is 9.59 Å². The second-order valence-electron chi connectivity index (χ2n) is 7.84. The highest BCUT2D eigenvalue weighted by atomic mass is 16.2. The van der Waals surface area contributed by atoms with Crippen LogP contribution >= 0.6 is 0 Å². The number of aryl methyl sites for hydroxylation is 2. The van der Waals surface area contributed by atoms with E-state index in [1.165, 1.54) is 0 Å². The molecule has 0 bridgehead atoms. The number of aromatic nitrogens is 2. The second kappa shape index (κ2) is 7.46. The van der Waals surface area contributed by atoms with Crippen LogP contribution in [0, 0.1) is 6.92 Å². The summed E-state index contributed by atoms with van der Waals surface area (Å²) in [6, 6.07) is 12.7. The second-order valence-corrected chi connectivity index (χ2v) is 7.84. The van der Waals surface area contributed by atoms with Crippen LogP contribution in [0.15, 0.2) is 42.5 Å². The van der Waals surface area contributed by atoms with E-state index in [-0.39, 0.29) is 17.2 Å². The number of hydrogen-bond donors (Lipinski definition) is 2. The molecule has 6 nitrogen and oxygen atoms in total. The summed E-state index contributed by atoms with van der Waals surface area (Å²) in [7, 11) is 0. The number of rotatable bonds is 3. The predicted octanol–water partition coefficient (Wildman–Crippen LogP) is 3.74. The zero-order valence-electron chi connectivity index (χ0n) is 17.0. The maximum Gasteiger partial charge on any atom is 0.269 e. The minimum Gasteiger partial charge on any atom is -0.329 e. The number of hydrazine groups is 1. The molecule has 0 aliphatic rings. The highest BCUT2D eigenvalue weighted by molar-refractivity contribution is 6.00. The fourth-order valence-electron chi connectivity index (χ4n) is 3.17. The Morgan fingerprint density at radius 3 is 2.11 bits per heavy atom. The minimum atomic E-state index is -0.384. The number of amides is 2.